The zero-order valence-corrected chi connectivity index (χ0v) is 9.53. The van der Waals surface area contributed by atoms with Gasteiger partial charge in [-0.05, 0) is 12.1 Å². The molecule has 0 saturated carbocycles. The van der Waals surface area contributed by atoms with E-state index in [0.717, 1.165) is 11.3 Å². The number of rotatable bonds is 5. The molecule has 1 unspecified atom stereocenters. The van der Waals surface area contributed by atoms with Crippen molar-refractivity contribution in [2.45, 2.75) is 19.1 Å². The molecule has 1 atom stereocenters. The summed E-state index contributed by atoms with van der Waals surface area (Å²) in [5.74, 6) is 0. The summed E-state index contributed by atoms with van der Waals surface area (Å²) < 4.78 is 1.64. The minimum atomic E-state index is -0.566. The molecule has 17 heavy (non-hydrogen) atoms. The second kappa shape index (κ2) is 5.56. The van der Waals surface area contributed by atoms with Crippen molar-refractivity contribution < 1.29 is 5.11 Å². The second-order valence-corrected chi connectivity index (χ2v) is 3.90. The maximum absolute atomic E-state index is 10.00. The molecule has 1 aromatic carbocycles. The lowest BCUT2D eigenvalue weighted by Gasteiger charge is -2.09. The van der Waals surface area contributed by atoms with E-state index in [9.17, 15) is 5.11 Å². The van der Waals surface area contributed by atoms with Crippen LogP contribution in [0.1, 0.15) is 17.4 Å². The molecule has 1 heterocycles. The average Bonchev–Trinajstić information content (AvgIpc) is 2.78. The molecule has 5 heteroatoms. The molecule has 2 aromatic rings. The number of aliphatic hydroxyl groups is 1. The van der Waals surface area contributed by atoms with Gasteiger partial charge in [-0.25, -0.2) is 4.68 Å². The van der Waals surface area contributed by atoms with Gasteiger partial charge in [-0.15, -0.1) is 5.10 Å². The van der Waals surface area contributed by atoms with Crippen molar-refractivity contribution >= 4 is 0 Å². The molecule has 1 aromatic heterocycles. The van der Waals surface area contributed by atoms with E-state index < -0.39 is 6.10 Å². The molecule has 0 aliphatic heterocycles. The average molecular weight is 232 g/mol. The van der Waals surface area contributed by atoms with Gasteiger partial charge in [-0.1, -0.05) is 35.5 Å². The van der Waals surface area contributed by atoms with E-state index >= 15 is 0 Å². The topological polar surface area (TPSA) is 77.0 Å². The zero-order valence-electron chi connectivity index (χ0n) is 9.53. The van der Waals surface area contributed by atoms with Crippen LogP contribution in [0.15, 0.2) is 36.5 Å². The van der Waals surface area contributed by atoms with Crippen molar-refractivity contribution in [1.29, 1.82) is 0 Å². The summed E-state index contributed by atoms with van der Waals surface area (Å²) in [6.07, 6.45) is 1.96. The predicted molar refractivity (Wildman–Crippen MR) is 64.2 cm³/mol. The maximum Gasteiger partial charge on any atom is 0.0986 e. The third kappa shape index (κ3) is 3.12. The Morgan fingerprint density at radius 2 is 2.06 bits per heavy atom. The first kappa shape index (κ1) is 11.8. The van der Waals surface area contributed by atoms with Crippen LogP contribution < -0.4 is 5.73 Å². The molecule has 5 nitrogen and oxygen atoms in total. The Kier molecular flexibility index (Phi) is 3.85. The first-order valence-corrected chi connectivity index (χ1v) is 5.61. The number of hydrogen-bond acceptors (Lipinski definition) is 4. The molecule has 3 N–H and O–H groups in total. The van der Waals surface area contributed by atoms with Gasteiger partial charge < -0.3 is 10.8 Å². The molecule has 0 spiro atoms. The lowest BCUT2D eigenvalue weighted by molar-refractivity contribution is 0.150. The smallest absolute Gasteiger partial charge is 0.0986 e. The van der Waals surface area contributed by atoms with Crippen LogP contribution in [0.2, 0.25) is 0 Å². The number of nitrogens with two attached hydrogens (primary N) is 1. The lowest BCUT2D eigenvalue weighted by atomic mass is 10.1. The van der Waals surface area contributed by atoms with Gasteiger partial charge in [0.25, 0.3) is 0 Å². The van der Waals surface area contributed by atoms with E-state index in [1.165, 1.54) is 0 Å². The highest BCUT2D eigenvalue weighted by molar-refractivity contribution is 5.17. The van der Waals surface area contributed by atoms with Crippen LogP contribution in [0.5, 0.6) is 0 Å². The Balaban J connectivity index is 2.00. The minimum Gasteiger partial charge on any atom is -0.386 e. The molecule has 0 bridgehead atoms. The van der Waals surface area contributed by atoms with Gasteiger partial charge in [0.15, 0.2) is 0 Å². The highest BCUT2D eigenvalue weighted by atomic mass is 16.3. The quantitative estimate of drug-likeness (QED) is 0.787. The van der Waals surface area contributed by atoms with Gasteiger partial charge in [0.2, 0.25) is 0 Å². The highest BCUT2D eigenvalue weighted by Gasteiger charge is 2.09. The van der Waals surface area contributed by atoms with Crippen LogP contribution >= 0.6 is 0 Å². The van der Waals surface area contributed by atoms with Crippen molar-refractivity contribution in [2.75, 3.05) is 6.54 Å². The molecule has 90 valence electrons. The molecular formula is C12H16N4O. The van der Waals surface area contributed by atoms with Crippen molar-refractivity contribution in [3.63, 3.8) is 0 Å². The molecule has 0 aliphatic rings. The summed E-state index contributed by atoms with van der Waals surface area (Å²) in [5, 5.41) is 17.9. The van der Waals surface area contributed by atoms with Crippen LogP contribution in [0.4, 0.5) is 0 Å². The van der Waals surface area contributed by atoms with Gasteiger partial charge in [-0.3, -0.25) is 0 Å². The first-order valence-electron chi connectivity index (χ1n) is 5.61. The van der Waals surface area contributed by atoms with Crippen molar-refractivity contribution in [1.82, 2.24) is 15.0 Å². The summed E-state index contributed by atoms with van der Waals surface area (Å²) >= 11 is 0. The van der Waals surface area contributed by atoms with Crippen LogP contribution in [0, 0.1) is 0 Å². The number of hydrogen-bond donors (Lipinski definition) is 2. The molecule has 2 rings (SSSR count). The molecule has 0 amide bonds. The van der Waals surface area contributed by atoms with E-state index in [-0.39, 0.29) is 0 Å². The number of benzene rings is 1. The maximum atomic E-state index is 10.00. The Morgan fingerprint density at radius 3 is 2.76 bits per heavy atom. The standard InChI is InChI=1S/C12H16N4O/c13-7-6-11-8-16(15-14-11)9-12(17)10-4-2-1-3-5-10/h1-5,8,12,17H,6-7,9,13H2. The number of aliphatic hydroxyl groups excluding tert-OH is 1. The van der Waals surface area contributed by atoms with Crippen LogP contribution in [0.3, 0.4) is 0 Å². The van der Waals surface area contributed by atoms with Crippen LogP contribution in [-0.4, -0.2) is 26.6 Å². The second-order valence-electron chi connectivity index (χ2n) is 3.90. The Hall–Kier alpha value is -1.72. The molecule has 0 saturated heterocycles. The Morgan fingerprint density at radius 1 is 1.29 bits per heavy atom. The Bertz CT molecular complexity index is 455. The van der Waals surface area contributed by atoms with Crippen LogP contribution in [0.25, 0.3) is 0 Å². The highest BCUT2D eigenvalue weighted by Crippen LogP contribution is 2.13. The lowest BCUT2D eigenvalue weighted by Crippen LogP contribution is -2.09. The van der Waals surface area contributed by atoms with Crippen LogP contribution in [-0.2, 0) is 13.0 Å². The van der Waals surface area contributed by atoms with Gasteiger partial charge in [0, 0.05) is 12.6 Å². The van der Waals surface area contributed by atoms with Gasteiger partial charge >= 0.3 is 0 Å². The van der Waals surface area contributed by atoms with E-state index in [0.29, 0.717) is 19.5 Å². The normalized spacial score (nSPS) is 12.6. The van der Waals surface area contributed by atoms with Gasteiger partial charge in [0.1, 0.15) is 0 Å². The Labute approximate surface area is 99.9 Å². The molecule has 0 fully saturated rings. The van der Waals surface area contributed by atoms with E-state index in [1.54, 1.807) is 4.68 Å². The number of nitrogens with zero attached hydrogens (tertiary/aromatic N) is 3. The fourth-order valence-electron chi connectivity index (χ4n) is 1.65. The summed E-state index contributed by atoms with van der Waals surface area (Å²) in [4.78, 5) is 0. The largest absolute Gasteiger partial charge is 0.386 e. The summed E-state index contributed by atoms with van der Waals surface area (Å²) in [5.41, 5.74) is 7.17. The molecule has 0 aliphatic carbocycles. The summed E-state index contributed by atoms with van der Waals surface area (Å²) in [6, 6.07) is 9.51. The fourth-order valence-corrected chi connectivity index (χ4v) is 1.65. The third-order valence-electron chi connectivity index (χ3n) is 2.53. The zero-order chi connectivity index (χ0) is 12.1. The van der Waals surface area contributed by atoms with Crippen molar-refractivity contribution in [2.24, 2.45) is 5.73 Å². The van der Waals surface area contributed by atoms with Crippen molar-refractivity contribution in [3.05, 3.63) is 47.8 Å². The summed E-state index contributed by atoms with van der Waals surface area (Å²) in [6.45, 7) is 0.960. The summed E-state index contributed by atoms with van der Waals surface area (Å²) in [7, 11) is 0. The molecule has 0 radical (unpaired) electrons. The van der Waals surface area contributed by atoms with E-state index in [2.05, 4.69) is 10.3 Å². The fraction of sp³-hybridized carbons (Fsp3) is 0.333. The van der Waals surface area contributed by atoms with E-state index in [4.69, 9.17) is 5.73 Å². The molecular weight excluding hydrogens is 216 g/mol. The van der Waals surface area contributed by atoms with Gasteiger partial charge in [0.05, 0.1) is 18.3 Å². The minimum absolute atomic E-state index is 0.404. The predicted octanol–water partition coefficient (Wildman–Crippen LogP) is 0.513. The van der Waals surface area contributed by atoms with Crippen molar-refractivity contribution in [3.8, 4) is 0 Å². The monoisotopic (exact) mass is 232 g/mol. The first-order chi connectivity index (χ1) is 8.29. The third-order valence-corrected chi connectivity index (χ3v) is 2.53. The van der Waals surface area contributed by atoms with Gasteiger partial charge in [-0.2, -0.15) is 0 Å². The SMILES string of the molecule is NCCc1cn(CC(O)c2ccccc2)nn1. The number of aromatic nitrogens is 3. The van der Waals surface area contributed by atoms with E-state index in [1.807, 2.05) is 36.5 Å².